The Kier molecular flexibility index (Phi) is 1.80. The lowest BCUT2D eigenvalue weighted by molar-refractivity contribution is -0.154. The van der Waals surface area contributed by atoms with Crippen LogP contribution in [0.25, 0.3) is 0 Å². The van der Waals surface area contributed by atoms with E-state index in [9.17, 15) is 9.59 Å². The molecule has 16 heavy (non-hydrogen) atoms. The third-order valence-electron chi connectivity index (χ3n) is 3.20. The number of cyclic esters (lactones) is 1. The molecule has 2 fully saturated rings. The van der Waals surface area contributed by atoms with Gasteiger partial charge in [-0.1, -0.05) is 18.2 Å². The van der Waals surface area contributed by atoms with Crippen molar-refractivity contribution < 1.29 is 19.1 Å². The Morgan fingerprint density at radius 1 is 1.38 bits per heavy atom. The minimum absolute atomic E-state index is 0.0243. The number of fused-ring (bicyclic) bond motifs is 1. The van der Waals surface area contributed by atoms with Crippen LogP contribution in [0.4, 0.5) is 0 Å². The second-order valence-corrected chi connectivity index (χ2v) is 4.17. The van der Waals surface area contributed by atoms with Gasteiger partial charge in [-0.05, 0) is 18.6 Å². The van der Waals surface area contributed by atoms with E-state index in [4.69, 9.17) is 9.47 Å². The van der Waals surface area contributed by atoms with Crippen molar-refractivity contribution in [2.45, 2.75) is 6.42 Å². The lowest BCUT2D eigenvalue weighted by Crippen LogP contribution is -2.29. The maximum Gasteiger partial charge on any atom is 0.329 e. The van der Waals surface area contributed by atoms with E-state index in [0.29, 0.717) is 18.8 Å². The summed E-state index contributed by atoms with van der Waals surface area (Å²) in [6, 6.07) is 8.76. The first kappa shape index (κ1) is 9.39. The summed E-state index contributed by atoms with van der Waals surface area (Å²) < 4.78 is 10.0. The molecule has 0 aromatic heterocycles. The molecular weight excluding hydrogens is 208 g/mol. The molecule has 0 spiro atoms. The van der Waals surface area contributed by atoms with Crippen molar-refractivity contribution in [2.75, 3.05) is 6.61 Å². The average molecular weight is 218 g/mol. The van der Waals surface area contributed by atoms with Crippen LogP contribution in [0.2, 0.25) is 0 Å². The number of benzene rings is 1. The van der Waals surface area contributed by atoms with E-state index < -0.39 is 17.4 Å². The maximum absolute atomic E-state index is 11.9. The van der Waals surface area contributed by atoms with Crippen molar-refractivity contribution in [1.29, 1.82) is 0 Å². The minimum Gasteiger partial charge on any atom is -0.464 e. The quantitative estimate of drug-likeness (QED) is 0.424. The minimum atomic E-state index is -0.990. The van der Waals surface area contributed by atoms with E-state index in [1.54, 1.807) is 24.3 Å². The summed E-state index contributed by atoms with van der Waals surface area (Å²) in [7, 11) is 0. The van der Waals surface area contributed by atoms with Crippen molar-refractivity contribution in [2.24, 2.45) is 11.3 Å². The van der Waals surface area contributed by atoms with E-state index >= 15 is 0 Å². The van der Waals surface area contributed by atoms with Crippen LogP contribution in [0.1, 0.15) is 6.42 Å². The topological polar surface area (TPSA) is 52.6 Å². The van der Waals surface area contributed by atoms with Gasteiger partial charge < -0.3 is 9.47 Å². The molecule has 2 atom stereocenters. The Morgan fingerprint density at radius 2 is 2.12 bits per heavy atom. The Labute approximate surface area is 92.2 Å². The van der Waals surface area contributed by atoms with Crippen LogP contribution < -0.4 is 4.74 Å². The van der Waals surface area contributed by atoms with Crippen LogP contribution in [0, 0.1) is 11.3 Å². The van der Waals surface area contributed by atoms with Gasteiger partial charge in [0, 0.05) is 5.92 Å². The summed E-state index contributed by atoms with van der Waals surface area (Å²) in [4.78, 5) is 23.3. The zero-order chi connectivity index (χ0) is 11.2. The monoisotopic (exact) mass is 218 g/mol. The van der Waals surface area contributed by atoms with Gasteiger partial charge in [0.1, 0.15) is 5.75 Å². The third-order valence-corrected chi connectivity index (χ3v) is 3.20. The number of carbonyl (C=O) groups excluding carboxylic acids is 2. The molecule has 4 nitrogen and oxygen atoms in total. The zero-order valence-electron chi connectivity index (χ0n) is 8.51. The van der Waals surface area contributed by atoms with Gasteiger partial charge in [0.25, 0.3) is 0 Å². The fraction of sp³-hybridized carbons (Fsp3) is 0.333. The smallest absolute Gasteiger partial charge is 0.329 e. The van der Waals surface area contributed by atoms with E-state index in [0.717, 1.165) is 0 Å². The molecule has 2 unspecified atom stereocenters. The van der Waals surface area contributed by atoms with Crippen molar-refractivity contribution in [3.63, 3.8) is 0 Å². The number of esters is 2. The first-order valence-corrected chi connectivity index (χ1v) is 5.18. The molecule has 1 aliphatic carbocycles. The van der Waals surface area contributed by atoms with E-state index in [-0.39, 0.29) is 5.92 Å². The molecule has 4 heteroatoms. The number of ether oxygens (including phenoxy) is 2. The predicted molar refractivity (Wildman–Crippen MR) is 53.6 cm³/mol. The van der Waals surface area contributed by atoms with Crippen molar-refractivity contribution >= 4 is 11.9 Å². The van der Waals surface area contributed by atoms with Gasteiger partial charge in [0.05, 0.1) is 6.61 Å². The molecule has 3 rings (SSSR count). The summed E-state index contributed by atoms with van der Waals surface area (Å²) in [5, 5.41) is 0. The second-order valence-electron chi connectivity index (χ2n) is 4.17. The highest BCUT2D eigenvalue weighted by atomic mass is 16.6. The first-order valence-electron chi connectivity index (χ1n) is 5.18. The Hall–Kier alpha value is -1.84. The van der Waals surface area contributed by atoms with Gasteiger partial charge in [-0.25, -0.2) is 0 Å². The second kappa shape index (κ2) is 3.07. The molecule has 1 aromatic rings. The fourth-order valence-electron chi connectivity index (χ4n) is 2.11. The molecular formula is C12H10O4. The molecule has 1 heterocycles. The molecule has 1 saturated carbocycles. The highest BCUT2D eigenvalue weighted by Crippen LogP contribution is 2.58. The zero-order valence-corrected chi connectivity index (χ0v) is 8.51. The molecule has 0 radical (unpaired) electrons. The van der Waals surface area contributed by atoms with Crippen LogP contribution in [-0.4, -0.2) is 18.5 Å². The van der Waals surface area contributed by atoms with Gasteiger partial charge in [-0.2, -0.15) is 0 Å². The van der Waals surface area contributed by atoms with Crippen LogP contribution in [0.3, 0.4) is 0 Å². The van der Waals surface area contributed by atoms with Gasteiger partial charge in [-0.3, -0.25) is 9.59 Å². The van der Waals surface area contributed by atoms with Crippen LogP contribution >= 0.6 is 0 Å². The SMILES string of the molecule is O=C1OCC2CC12C(=O)Oc1ccccc1. The highest BCUT2D eigenvalue weighted by Gasteiger charge is 2.72. The van der Waals surface area contributed by atoms with Crippen LogP contribution in [0.15, 0.2) is 30.3 Å². The molecule has 2 aliphatic rings. The lowest BCUT2D eigenvalue weighted by Gasteiger charge is -2.08. The Bertz CT molecular complexity index is 453. The van der Waals surface area contributed by atoms with E-state index in [2.05, 4.69) is 0 Å². The molecule has 0 bridgehead atoms. The molecule has 82 valence electrons. The summed E-state index contributed by atoms with van der Waals surface area (Å²) in [6.45, 7) is 0.350. The number of hydrogen-bond acceptors (Lipinski definition) is 4. The average Bonchev–Trinajstić information content (AvgIpc) is 2.96. The standard InChI is InChI=1S/C12H10O4/c13-10-12(6-8(12)7-15-10)11(14)16-9-4-2-1-3-5-9/h1-5,8H,6-7H2. The largest absolute Gasteiger partial charge is 0.464 e. The van der Waals surface area contributed by atoms with E-state index in [1.807, 2.05) is 6.07 Å². The molecule has 1 saturated heterocycles. The predicted octanol–water partition coefficient (Wildman–Crippen LogP) is 1.16. The highest BCUT2D eigenvalue weighted by molar-refractivity contribution is 6.06. The normalized spacial score (nSPS) is 30.5. The Balaban J connectivity index is 1.78. The summed E-state index contributed by atoms with van der Waals surface area (Å²) >= 11 is 0. The molecule has 0 N–H and O–H groups in total. The Morgan fingerprint density at radius 3 is 2.69 bits per heavy atom. The number of para-hydroxylation sites is 1. The molecule has 0 amide bonds. The van der Waals surface area contributed by atoms with Gasteiger partial charge in [0.2, 0.25) is 0 Å². The number of carbonyl (C=O) groups is 2. The van der Waals surface area contributed by atoms with Crippen molar-refractivity contribution in [3.05, 3.63) is 30.3 Å². The van der Waals surface area contributed by atoms with Crippen LogP contribution in [-0.2, 0) is 14.3 Å². The molecule has 1 aliphatic heterocycles. The van der Waals surface area contributed by atoms with Gasteiger partial charge in [0.15, 0.2) is 5.41 Å². The van der Waals surface area contributed by atoms with Gasteiger partial charge >= 0.3 is 11.9 Å². The van der Waals surface area contributed by atoms with Gasteiger partial charge in [-0.15, -0.1) is 0 Å². The van der Waals surface area contributed by atoms with E-state index in [1.165, 1.54) is 0 Å². The maximum atomic E-state index is 11.9. The third kappa shape index (κ3) is 1.16. The lowest BCUT2D eigenvalue weighted by atomic mass is 10.1. The van der Waals surface area contributed by atoms with Crippen molar-refractivity contribution in [3.8, 4) is 5.75 Å². The number of rotatable bonds is 2. The fourth-order valence-corrected chi connectivity index (χ4v) is 2.11. The van der Waals surface area contributed by atoms with Crippen molar-refractivity contribution in [1.82, 2.24) is 0 Å². The summed E-state index contributed by atoms with van der Waals surface area (Å²) in [6.07, 6.45) is 0.567. The first-order chi connectivity index (χ1) is 7.73. The summed E-state index contributed by atoms with van der Waals surface area (Å²) in [5.74, 6) is -0.423. The molecule has 1 aromatic carbocycles. The summed E-state index contributed by atoms with van der Waals surface area (Å²) in [5.41, 5.74) is -0.990. The number of hydrogen-bond donors (Lipinski definition) is 0. The van der Waals surface area contributed by atoms with Crippen LogP contribution in [0.5, 0.6) is 5.75 Å².